The van der Waals surface area contributed by atoms with Crippen molar-refractivity contribution in [3.05, 3.63) is 35.9 Å². The van der Waals surface area contributed by atoms with Crippen LogP contribution >= 0.6 is 0 Å². The van der Waals surface area contributed by atoms with Crippen molar-refractivity contribution in [2.75, 3.05) is 0 Å². The number of hydrogen-bond acceptors (Lipinski definition) is 2. The van der Waals surface area contributed by atoms with Crippen molar-refractivity contribution in [3.63, 3.8) is 0 Å². The first-order valence-electron chi connectivity index (χ1n) is 5.22. The third kappa shape index (κ3) is 2.36. The molecule has 1 saturated carbocycles. The summed E-state index contributed by atoms with van der Waals surface area (Å²) >= 11 is 0. The van der Waals surface area contributed by atoms with E-state index in [4.69, 9.17) is 5.11 Å². The van der Waals surface area contributed by atoms with E-state index >= 15 is 0 Å². The molecule has 1 fully saturated rings. The zero-order valence-electron chi connectivity index (χ0n) is 8.68. The Morgan fingerprint density at radius 2 is 2.13 bits per heavy atom. The fourth-order valence-corrected chi connectivity index (χ4v) is 1.84. The molecule has 0 heterocycles. The van der Waals surface area contributed by atoms with Crippen molar-refractivity contribution >= 4 is 5.97 Å². The van der Waals surface area contributed by atoms with Gasteiger partial charge in [-0.2, -0.15) is 0 Å². The van der Waals surface area contributed by atoms with E-state index in [-0.39, 0.29) is 0 Å². The molecule has 1 aromatic rings. The van der Waals surface area contributed by atoms with Gasteiger partial charge in [0.25, 0.3) is 0 Å². The van der Waals surface area contributed by atoms with Gasteiger partial charge < -0.3 is 10.4 Å². The highest BCUT2D eigenvalue weighted by Crippen LogP contribution is 2.40. The Hall–Kier alpha value is -1.35. The van der Waals surface area contributed by atoms with Crippen molar-refractivity contribution < 1.29 is 9.90 Å². The second-order valence-electron chi connectivity index (χ2n) is 4.09. The molecule has 3 nitrogen and oxygen atoms in total. The summed E-state index contributed by atoms with van der Waals surface area (Å²) in [4.78, 5) is 10.6. The quantitative estimate of drug-likeness (QED) is 0.785. The van der Waals surface area contributed by atoms with Gasteiger partial charge in [-0.25, -0.2) is 0 Å². The molecule has 1 aromatic carbocycles. The molecule has 1 aliphatic carbocycles. The van der Waals surface area contributed by atoms with Gasteiger partial charge in [-0.15, -0.1) is 0 Å². The molecule has 0 radical (unpaired) electrons. The molecule has 0 aliphatic heterocycles. The first-order valence-corrected chi connectivity index (χ1v) is 5.22. The van der Waals surface area contributed by atoms with Gasteiger partial charge in [-0.1, -0.05) is 30.3 Å². The van der Waals surface area contributed by atoms with Gasteiger partial charge in [0.1, 0.15) is 6.04 Å². The Kier molecular flexibility index (Phi) is 2.73. The van der Waals surface area contributed by atoms with Crippen LogP contribution in [0.2, 0.25) is 0 Å². The molecule has 0 amide bonds. The second kappa shape index (κ2) is 4.03. The smallest absolute Gasteiger partial charge is 0.320 e. The third-order valence-corrected chi connectivity index (χ3v) is 2.85. The molecule has 0 spiro atoms. The van der Waals surface area contributed by atoms with E-state index in [1.54, 1.807) is 6.92 Å². The molecule has 1 aliphatic rings. The van der Waals surface area contributed by atoms with Gasteiger partial charge >= 0.3 is 5.97 Å². The summed E-state index contributed by atoms with van der Waals surface area (Å²) in [5.41, 5.74) is 1.30. The highest BCUT2D eigenvalue weighted by atomic mass is 16.4. The summed E-state index contributed by atoms with van der Waals surface area (Å²) in [6, 6.07) is 10.1. The number of aliphatic carboxylic acids is 1. The number of nitrogens with one attached hydrogen (secondary N) is 1. The Labute approximate surface area is 89.1 Å². The fourth-order valence-electron chi connectivity index (χ4n) is 1.84. The summed E-state index contributed by atoms with van der Waals surface area (Å²) in [5.74, 6) is -0.290. The van der Waals surface area contributed by atoms with Crippen LogP contribution in [0.5, 0.6) is 0 Å². The van der Waals surface area contributed by atoms with Gasteiger partial charge in [0.05, 0.1) is 0 Å². The van der Waals surface area contributed by atoms with Gasteiger partial charge in [0, 0.05) is 12.0 Å². The number of rotatable bonds is 4. The maximum absolute atomic E-state index is 10.6. The Balaban J connectivity index is 1.89. The van der Waals surface area contributed by atoms with Gasteiger partial charge in [0.2, 0.25) is 0 Å². The minimum Gasteiger partial charge on any atom is -0.480 e. The van der Waals surface area contributed by atoms with E-state index < -0.39 is 12.0 Å². The SMILES string of the molecule is CC(N[C@@H]1C[C@H]1c1ccccc1)C(=O)O. The van der Waals surface area contributed by atoms with Crippen molar-refractivity contribution in [3.8, 4) is 0 Å². The molecule has 80 valence electrons. The normalized spacial score (nSPS) is 25.9. The first-order chi connectivity index (χ1) is 7.18. The lowest BCUT2D eigenvalue weighted by Crippen LogP contribution is -2.35. The molecule has 0 saturated heterocycles. The van der Waals surface area contributed by atoms with E-state index in [1.165, 1.54) is 5.56 Å². The summed E-state index contributed by atoms with van der Waals surface area (Å²) in [6.45, 7) is 1.68. The average molecular weight is 205 g/mol. The fraction of sp³-hybridized carbons (Fsp3) is 0.417. The van der Waals surface area contributed by atoms with E-state index in [0.29, 0.717) is 12.0 Å². The topological polar surface area (TPSA) is 49.3 Å². The van der Waals surface area contributed by atoms with E-state index in [0.717, 1.165) is 6.42 Å². The summed E-state index contributed by atoms with van der Waals surface area (Å²) in [6.07, 6.45) is 1.04. The number of carbonyl (C=O) groups is 1. The predicted molar refractivity (Wildman–Crippen MR) is 57.8 cm³/mol. The number of carboxylic acid groups (broad SMARTS) is 1. The van der Waals surface area contributed by atoms with Crippen LogP contribution in [-0.4, -0.2) is 23.2 Å². The minimum absolute atomic E-state index is 0.332. The lowest BCUT2D eigenvalue weighted by atomic mass is 10.1. The van der Waals surface area contributed by atoms with Gasteiger partial charge in [0.15, 0.2) is 0 Å². The zero-order chi connectivity index (χ0) is 10.8. The lowest BCUT2D eigenvalue weighted by molar-refractivity contribution is -0.139. The summed E-state index contributed by atoms with van der Waals surface area (Å²) < 4.78 is 0. The summed E-state index contributed by atoms with van der Waals surface area (Å²) in [5, 5.41) is 11.9. The van der Waals surface area contributed by atoms with E-state index in [2.05, 4.69) is 17.4 Å². The number of hydrogen-bond donors (Lipinski definition) is 2. The van der Waals surface area contributed by atoms with Crippen molar-refractivity contribution in [1.29, 1.82) is 0 Å². The molecular weight excluding hydrogens is 190 g/mol. The number of benzene rings is 1. The van der Waals surface area contributed by atoms with Crippen LogP contribution in [0.15, 0.2) is 30.3 Å². The Bertz CT molecular complexity index is 350. The highest BCUT2D eigenvalue weighted by molar-refractivity contribution is 5.73. The molecule has 2 rings (SSSR count). The monoisotopic (exact) mass is 205 g/mol. The summed E-state index contributed by atoms with van der Waals surface area (Å²) in [7, 11) is 0. The zero-order valence-corrected chi connectivity index (χ0v) is 8.68. The second-order valence-corrected chi connectivity index (χ2v) is 4.09. The van der Waals surface area contributed by atoms with Crippen LogP contribution < -0.4 is 5.32 Å². The van der Waals surface area contributed by atoms with Crippen molar-refractivity contribution in [2.45, 2.75) is 31.3 Å². The largest absolute Gasteiger partial charge is 0.480 e. The average Bonchev–Trinajstić information content (AvgIpc) is 2.98. The Morgan fingerprint density at radius 3 is 2.73 bits per heavy atom. The van der Waals surface area contributed by atoms with Crippen LogP contribution in [0.25, 0.3) is 0 Å². The van der Waals surface area contributed by atoms with Crippen LogP contribution in [-0.2, 0) is 4.79 Å². The minimum atomic E-state index is -0.784. The third-order valence-electron chi connectivity index (χ3n) is 2.85. The Morgan fingerprint density at radius 1 is 1.47 bits per heavy atom. The first kappa shape index (κ1) is 10.2. The van der Waals surface area contributed by atoms with Crippen LogP contribution in [0.3, 0.4) is 0 Å². The maximum Gasteiger partial charge on any atom is 0.320 e. The van der Waals surface area contributed by atoms with E-state index in [9.17, 15) is 4.79 Å². The van der Waals surface area contributed by atoms with Crippen LogP contribution in [0, 0.1) is 0 Å². The van der Waals surface area contributed by atoms with Crippen LogP contribution in [0.1, 0.15) is 24.8 Å². The lowest BCUT2D eigenvalue weighted by Gasteiger charge is -2.08. The molecule has 0 aromatic heterocycles. The number of carboxylic acids is 1. The molecule has 3 atom stereocenters. The molecule has 3 heteroatoms. The molecule has 1 unspecified atom stereocenters. The molecule has 2 N–H and O–H groups in total. The highest BCUT2D eigenvalue weighted by Gasteiger charge is 2.39. The molecule has 0 bridgehead atoms. The molecular formula is C12H15NO2. The van der Waals surface area contributed by atoms with Crippen molar-refractivity contribution in [1.82, 2.24) is 5.32 Å². The van der Waals surface area contributed by atoms with Crippen molar-refractivity contribution in [2.24, 2.45) is 0 Å². The van der Waals surface area contributed by atoms with Gasteiger partial charge in [-0.3, -0.25) is 4.79 Å². The van der Waals surface area contributed by atoms with Gasteiger partial charge in [-0.05, 0) is 18.9 Å². The molecule has 15 heavy (non-hydrogen) atoms. The predicted octanol–water partition coefficient (Wildman–Crippen LogP) is 1.61. The van der Waals surface area contributed by atoms with Crippen LogP contribution in [0.4, 0.5) is 0 Å². The standard InChI is InChI=1S/C12H15NO2/c1-8(12(14)15)13-11-7-10(11)9-5-3-2-4-6-9/h2-6,8,10-11,13H,7H2,1H3,(H,14,15)/t8?,10-,11+/m0/s1. The maximum atomic E-state index is 10.6. The van der Waals surface area contributed by atoms with E-state index in [1.807, 2.05) is 18.2 Å².